The molecule has 184 valence electrons. The average Bonchev–Trinajstić information content (AvgIpc) is 2.89. The summed E-state index contributed by atoms with van der Waals surface area (Å²) in [6, 6.07) is 16.9. The first-order chi connectivity index (χ1) is 17.1. The molecule has 4 rings (SSSR count). The average molecular weight is 481 g/mol. The molecule has 9 heteroatoms. The van der Waals surface area contributed by atoms with E-state index in [9.17, 15) is 20.0 Å². The lowest BCUT2D eigenvalue weighted by Crippen LogP contribution is -2.28. The van der Waals surface area contributed by atoms with Crippen molar-refractivity contribution in [3.63, 3.8) is 0 Å². The van der Waals surface area contributed by atoms with Gasteiger partial charge in [-0.1, -0.05) is 30.3 Å². The molecular weight excluding hydrogens is 452 g/mol. The molecule has 2 aromatic carbocycles. The largest absolute Gasteiger partial charge is 0.483 e. The van der Waals surface area contributed by atoms with Gasteiger partial charge in [0, 0.05) is 37.5 Å². The van der Waals surface area contributed by atoms with Crippen molar-refractivity contribution in [1.82, 2.24) is 4.57 Å². The van der Waals surface area contributed by atoms with Gasteiger partial charge >= 0.3 is 0 Å². The second-order valence-electron chi connectivity index (χ2n) is 8.25. The molecule has 0 amide bonds. The predicted octanol–water partition coefficient (Wildman–Crippen LogP) is 3.96. The number of nitro benzene ring substituents is 1. The van der Waals surface area contributed by atoms with E-state index >= 15 is 0 Å². The van der Waals surface area contributed by atoms with E-state index in [0.29, 0.717) is 24.3 Å². The van der Waals surface area contributed by atoms with Crippen molar-refractivity contribution < 1.29 is 24.2 Å². The Morgan fingerprint density at radius 1 is 1.11 bits per heavy atom. The van der Waals surface area contributed by atoms with Gasteiger partial charge in [0.25, 0.3) is 5.69 Å². The van der Waals surface area contributed by atoms with Crippen LogP contribution in [-0.4, -0.2) is 34.1 Å². The van der Waals surface area contributed by atoms with Crippen molar-refractivity contribution in [3.8, 4) is 5.75 Å². The number of rotatable bonds is 10. The Labute approximate surface area is 202 Å². The maximum atomic E-state index is 13.0. The first kappa shape index (κ1) is 24.6. The number of aliphatic hydroxyl groups is 1. The molecule has 0 radical (unpaired) electrons. The van der Waals surface area contributed by atoms with Gasteiger partial charge in [0.1, 0.15) is 12.7 Å². The number of hydrogen-bond donors (Lipinski definition) is 1. The smallest absolute Gasteiger partial charge is 0.269 e. The van der Waals surface area contributed by atoms with Crippen LogP contribution < -0.4 is 10.2 Å². The number of nitrogens with zero attached hydrogens (tertiary/aromatic N) is 2. The summed E-state index contributed by atoms with van der Waals surface area (Å²) < 4.78 is 20.0. The number of nitro groups is 1. The quantitative estimate of drug-likeness (QED) is 0.345. The van der Waals surface area contributed by atoms with Crippen molar-refractivity contribution in [2.75, 3.05) is 13.2 Å². The molecule has 0 saturated carbocycles. The minimum absolute atomic E-state index is 0.0530. The standard InChI is InChI=1S/C26H28N2O7/c29-16-15-27-14-13-22(30)26(34-18-19-6-2-1-3-7-19)24(27)25(35-23-8-4-5-17-33-23)20-9-11-21(12-10-20)28(31)32/h1-3,6-7,9-14,23,25,29H,4-5,8,15-18H2. The van der Waals surface area contributed by atoms with Crippen LogP contribution in [0.4, 0.5) is 5.69 Å². The molecule has 1 N–H and O–H groups in total. The highest BCUT2D eigenvalue weighted by Crippen LogP contribution is 2.35. The maximum Gasteiger partial charge on any atom is 0.269 e. The summed E-state index contributed by atoms with van der Waals surface area (Å²) in [6.45, 7) is 0.767. The van der Waals surface area contributed by atoms with Crippen molar-refractivity contribution in [2.45, 2.75) is 44.8 Å². The van der Waals surface area contributed by atoms with Crippen molar-refractivity contribution in [1.29, 1.82) is 0 Å². The first-order valence-corrected chi connectivity index (χ1v) is 11.6. The fraction of sp³-hybridized carbons (Fsp3) is 0.346. The second-order valence-corrected chi connectivity index (χ2v) is 8.25. The fourth-order valence-electron chi connectivity index (χ4n) is 4.06. The summed E-state index contributed by atoms with van der Waals surface area (Å²) in [6.07, 6.45) is 2.82. The van der Waals surface area contributed by atoms with Crippen LogP contribution in [0.25, 0.3) is 0 Å². The Morgan fingerprint density at radius 3 is 2.54 bits per heavy atom. The number of aromatic nitrogens is 1. The molecule has 1 saturated heterocycles. The molecule has 2 unspecified atom stereocenters. The zero-order valence-electron chi connectivity index (χ0n) is 19.2. The summed E-state index contributed by atoms with van der Waals surface area (Å²) in [5.41, 5.74) is 1.53. The topological polar surface area (TPSA) is 113 Å². The number of hydrogen-bond acceptors (Lipinski definition) is 7. The molecule has 9 nitrogen and oxygen atoms in total. The molecule has 1 aromatic heterocycles. The number of pyridine rings is 1. The van der Waals surface area contributed by atoms with E-state index in [1.165, 1.54) is 18.2 Å². The van der Waals surface area contributed by atoms with Crippen LogP contribution in [0.2, 0.25) is 0 Å². The predicted molar refractivity (Wildman–Crippen MR) is 128 cm³/mol. The Morgan fingerprint density at radius 2 is 1.89 bits per heavy atom. The van der Waals surface area contributed by atoms with Gasteiger partial charge in [0.05, 0.1) is 17.2 Å². The summed E-state index contributed by atoms with van der Waals surface area (Å²) in [5.74, 6) is 0.101. The zero-order chi connectivity index (χ0) is 24.6. The third kappa shape index (κ3) is 6.13. The zero-order valence-corrected chi connectivity index (χ0v) is 19.2. The van der Waals surface area contributed by atoms with Gasteiger partial charge in [0.15, 0.2) is 12.0 Å². The lowest BCUT2D eigenvalue weighted by Gasteiger charge is -2.30. The minimum atomic E-state index is -0.815. The molecule has 0 aliphatic carbocycles. The molecule has 3 aromatic rings. The normalized spacial score (nSPS) is 16.5. The van der Waals surface area contributed by atoms with Gasteiger partial charge in [0.2, 0.25) is 5.43 Å². The van der Waals surface area contributed by atoms with Crippen molar-refractivity contribution in [2.24, 2.45) is 0 Å². The van der Waals surface area contributed by atoms with Gasteiger partial charge < -0.3 is 23.9 Å². The van der Waals surface area contributed by atoms with Crippen LogP contribution in [0.3, 0.4) is 0 Å². The van der Waals surface area contributed by atoms with E-state index in [1.54, 1.807) is 22.9 Å². The maximum absolute atomic E-state index is 13.0. The summed E-state index contributed by atoms with van der Waals surface area (Å²) >= 11 is 0. The molecular formula is C26H28N2O7. The van der Waals surface area contributed by atoms with Crippen molar-refractivity contribution in [3.05, 3.63) is 104 Å². The molecule has 2 atom stereocenters. The molecule has 1 aliphatic rings. The van der Waals surface area contributed by atoms with Crippen LogP contribution >= 0.6 is 0 Å². The second kappa shape index (κ2) is 11.7. The summed E-state index contributed by atoms with van der Waals surface area (Å²) in [7, 11) is 0. The summed E-state index contributed by atoms with van der Waals surface area (Å²) in [5, 5.41) is 20.9. The Kier molecular flexibility index (Phi) is 8.25. The molecule has 0 bridgehead atoms. The number of benzene rings is 2. The summed E-state index contributed by atoms with van der Waals surface area (Å²) in [4.78, 5) is 23.7. The fourth-order valence-corrected chi connectivity index (χ4v) is 4.06. The van der Waals surface area contributed by atoms with Crippen LogP contribution in [-0.2, 0) is 22.6 Å². The van der Waals surface area contributed by atoms with Gasteiger partial charge in [-0.15, -0.1) is 0 Å². The van der Waals surface area contributed by atoms with E-state index < -0.39 is 17.3 Å². The molecule has 1 aliphatic heterocycles. The minimum Gasteiger partial charge on any atom is -0.483 e. The van der Waals surface area contributed by atoms with Crippen LogP contribution in [0.1, 0.15) is 42.2 Å². The van der Waals surface area contributed by atoms with E-state index in [0.717, 1.165) is 18.4 Å². The molecule has 35 heavy (non-hydrogen) atoms. The van der Waals surface area contributed by atoms with E-state index in [2.05, 4.69) is 0 Å². The third-order valence-electron chi connectivity index (χ3n) is 5.82. The van der Waals surface area contributed by atoms with E-state index in [1.807, 2.05) is 30.3 Å². The highest BCUT2D eigenvalue weighted by atomic mass is 16.7. The van der Waals surface area contributed by atoms with Gasteiger partial charge in [-0.25, -0.2) is 0 Å². The Bertz CT molecular complexity index is 1170. The number of ether oxygens (including phenoxy) is 3. The van der Waals surface area contributed by atoms with Crippen LogP contribution in [0.15, 0.2) is 71.7 Å². The van der Waals surface area contributed by atoms with Gasteiger partial charge in [-0.2, -0.15) is 0 Å². The SMILES string of the molecule is O=c1ccn(CCO)c(C(OC2CCCCO2)c2ccc([N+](=O)[O-])cc2)c1OCc1ccccc1. The molecule has 0 spiro atoms. The molecule has 2 heterocycles. The highest BCUT2D eigenvalue weighted by molar-refractivity contribution is 5.40. The van der Waals surface area contributed by atoms with Gasteiger partial charge in [-0.05, 0) is 42.5 Å². The lowest BCUT2D eigenvalue weighted by atomic mass is 10.0. The number of aliphatic hydroxyl groups excluding tert-OH is 1. The monoisotopic (exact) mass is 480 g/mol. The molecule has 1 fully saturated rings. The van der Waals surface area contributed by atoms with E-state index in [-0.39, 0.29) is 36.6 Å². The van der Waals surface area contributed by atoms with E-state index in [4.69, 9.17) is 14.2 Å². The lowest BCUT2D eigenvalue weighted by molar-refractivity contribution is -0.384. The van der Waals surface area contributed by atoms with Crippen LogP contribution in [0.5, 0.6) is 5.75 Å². The van der Waals surface area contributed by atoms with Gasteiger partial charge in [-0.3, -0.25) is 14.9 Å². The first-order valence-electron chi connectivity index (χ1n) is 11.6. The number of non-ortho nitro benzene ring substituents is 1. The van der Waals surface area contributed by atoms with Crippen LogP contribution in [0, 0.1) is 10.1 Å². The Balaban J connectivity index is 1.79. The Hall–Kier alpha value is -3.53. The van der Waals surface area contributed by atoms with Crippen molar-refractivity contribution >= 4 is 5.69 Å². The third-order valence-corrected chi connectivity index (χ3v) is 5.82. The highest BCUT2D eigenvalue weighted by Gasteiger charge is 2.29.